The molecule has 1 aliphatic rings. The van der Waals surface area contributed by atoms with Crippen LogP contribution in [-0.2, 0) is 13.1 Å². The molecule has 3 rings (SSSR count). The smallest absolute Gasteiger partial charge is 0.173 e. The fourth-order valence-corrected chi connectivity index (χ4v) is 3.70. The summed E-state index contributed by atoms with van der Waals surface area (Å²) in [5.41, 5.74) is 3.41. The number of aryl methyl sites for hydroxylation is 1. The van der Waals surface area contributed by atoms with Gasteiger partial charge in [0.15, 0.2) is 5.11 Å². The summed E-state index contributed by atoms with van der Waals surface area (Å²) < 4.78 is 12.7. The highest BCUT2D eigenvalue weighted by molar-refractivity contribution is 7.80. The zero-order valence-electron chi connectivity index (χ0n) is 17.1. The Morgan fingerprint density at radius 2 is 1.93 bits per heavy atom. The number of thiocarbonyl (C=S) groups is 1. The predicted octanol–water partition coefficient (Wildman–Crippen LogP) is 2.74. The lowest BCUT2D eigenvalue weighted by Gasteiger charge is -2.36. The Morgan fingerprint density at radius 3 is 2.54 bits per heavy atom. The molecule has 0 amide bonds. The lowest BCUT2D eigenvalue weighted by molar-refractivity contribution is 0.176. The van der Waals surface area contributed by atoms with Crippen molar-refractivity contribution >= 4 is 23.0 Å². The van der Waals surface area contributed by atoms with Crippen LogP contribution in [0.15, 0.2) is 24.4 Å². The maximum absolute atomic E-state index is 5.63. The summed E-state index contributed by atoms with van der Waals surface area (Å²) in [5.74, 6) is 1.47. The predicted molar refractivity (Wildman–Crippen MR) is 115 cm³/mol. The lowest BCUT2D eigenvalue weighted by Crippen LogP contribution is -2.49. The topological polar surface area (TPSA) is 54.8 Å². The average molecular weight is 404 g/mol. The Kier molecular flexibility index (Phi) is 6.74. The van der Waals surface area contributed by atoms with Crippen LogP contribution in [0.3, 0.4) is 0 Å². The summed E-state index contributed by atoms with van der Waals surface area (Å²) in [6, 6.07) is 5.67. The first-order chi connectivity index (χ1) is 13.5. The van der Waals surface area contributed by atoms with Gasteiger partial charge in [0, 0.05) is 56.6 Å². The van der Waals surface area contributed by atoms with Crippen molar-refractivity contribution in [2.75, 3.05) is 45.7 Å². The molecule has 0 spiro atoms. The van der Waals surface area contributed by atoms with Gasteiger partial charge in [0.2, 0.25) is 0 Å². The molecular weight excluding hydrogens is 374 g/mol. The molecule has 2 heterocycles. The Bertz CT molecular complexity index is 815. The maximum atomic E-state index is 5.63. The van der Waals surface area contributed by atoms with Gasteiger partial charge < -0.3 is 19.7 Å². The second kappa shape index (κ2) is 9.25. The Balaban J connectivity index is 1.54. The quantitative estimate of drug-likeness (QED) is 0.744. The molecule has 0 bridgehead atoms. The van der Waals surface area contributed by atoms with E-state index in [0.29, 0.717) is 5.75 Å². The first kappa shape index (κ1) is 20.4. The second-order valence-electron chi connectivity index (χ2n) is 6.83. The van der Waals surface area contributed by atoms with Crippen LogP contribution in [0.25, 0.3) is 0 Å². The fourth-order valence-electron chi connectivity index (χ4n) is 3.41. The number of piperazine rings is 1. The van der Waals surface area contributed by atoms with Crippen LogP contribution in [0.1, 0.15) is 18.2 Å². The number of ether oxygens (including phenoxy) is 2. The fraction of sp³-hybridized carbons (Fsp3) is 0.500. The van der Waals surface area contributed by atoms with E-state index >= 15 is 0 Å². The number of nitrogens with one attached hydrogen (secondary N) is 1. The van der Waals surface area contributed by atoms with Gasteiger partial charge in [0.1, 0.15) is 11.5 Å². The third-order valence-corrected chi connectivity index (χ3v) is 5.57. The molecule has 2 aromatic rings. The van der Waals surface area contributed by atoms with Crippen molar-refractivity contribution in [1.29, 1.82) is 0 Å². The summed E-state index contributed by atoms with van der Waals surface area (Å²) in [7, 11) is 3.28. The van der Waals surface area contributed by atoms with Crippen molar-refractivity contribution in [3.05, 3.63) is 35.7 Å². The number of hydrogen-bond donors (Lipinski definition) is 1. The molecule has 1 aromatic heterocycles. The highest BCUT2D eigenvalue weighted by Crippen LogP contribution is 2.29. The highest BCUT2D eigenvalue weighted by atomic mass is 32.1. The number of methoxy groups -OCH3 is 2. The normalized spacial score (nSPS) is 14.8. The van der Waals surface area contributed by atoms with E-state index in [2.05, 4.69) is 34.1 Å². The van der Waals surface area contributed by atoms with E-state index in [9.17, 15) is 0 Å². The zero-order chi connectivity index (χ0) is 20.1. The lowest BCUT2D eigenvalue weighted by atomic mass is 10.2. The van der Waals surface area contributed by atoms with Gasteiger partial charge in [0.05, 0.1) is 26.1 Å². The molecule has 0 atom stereocenters. The van der Waals surface area contributed by atoms with Gasteiger partial charge in [-0.3, -0.25) is 9.58 Å². The molecule has 1 aliphatic heterocycles. The molecule has 1 saturated heterocycles. The monoisotopic (exact) mass is 403 g/mol. The van der Waals surface area contributed by atoms with Gasteiger partial charge in [-0.25, -0.2) is 0 Å². The number of nitrogens with zero attached hydrogens (tertiary/aromatic N) is 4. The number of anilines is 1. The van der Waals surface area contributed by atoms with Crippen LogP contribution >= 0.6 is 12.2 Å². The van der Waals surface area contributed by atoms with Crippen LogP contribution in [0.4, 0.5) is 5.69 Å². The van der Waals surface area contributed by atoms with Gasteiger partial charge in [0.25, 0.3) is 0 Å². The summed E-state index contributed by atoms with van der Waals surface area (Å²) in [6.07, 6.45) is 1.99. The molecule has 28 heavy (non-hydrogen) atoms. The largest absolute Gasteiger partial charge is 0.497 e. The molecule has 0 saturated carbocycles. The standard InChI is InChI=1S/C20H29N5O2S/c1-5-25-15(2)16(13-21-25)14-23-8-10-24(11-9-23)20(28)22-18-7-6-17(26-3)12-19(18)27-4/h6-7,12-13H,5,8-11,14H2,1-4H3,(H,22,28). The Hall–Kier alpha value is -2.32. The number of aromatic nitrogens is 2. The molecule has 1 N–H and O–H groups in total. The number of benzene rings is 1. The van der Waals surface area contributed by atoms with Crippen molar-refractivity contribution < 1.29 is 9.47 Å². The maximum Gasteiger partial charge on any atom is 0.173 e. The van der Waals surface area contributed by atoms with E-state index in [0.717, 1.165) is 55.8 Å². The van der Waals surface area contributed by atoms with Gasteiger partial charge in [-0.2, -0.15) is 5.10 Å². The number of hydrogen-bond acceptors (Lipinski definition) is 5. The molecule has 0 unspecified atom stereocenters. The zero-order valence-corrected chi connectivity index (χ0v) is 17.9. The van der Waals surface area contributed by atoms with Crippen LogP contribution in [-0.4, -0.2) is 65.1 Å². The van der Waals surface area contributed by atoms with Gasteiger partial charge in [-0.15, -0.1) is 0 Å². The van der Waals surface area contributed by atoms with E-state index < -0.39 is 0 Å². The summed E-state index contributed by atoms with van der Waals surface area (Å²) >= 11 is 5.63. The highest BCUT2D eigenvalue weighted by Gasteiger charge is 2.21. The van der Waals surface area contributed by atoms with Gasteiger partial charge in [-0.1, -0.05) is 0 Å². The molecule has 0 radical (unpaired) electrons. The van der Waals surface area contributed by atoms with Gasteiger partial charge >= 0.3 is 0 Å². The van der Waals surface area contributed by atoms with Crippen LogP contribution < -0.4 is 14.8 Å². The van der Waals surface area contributed by atoms with E-state index in [1.54, 1.807) is 14.2 Å². The molecule has 1 fully saturated rings. The summed E-state index contributed by atoms with van der Waals surface area (Å²) in [5, 5.41) is 8.48. The Morgan fingerprint density at radius 1 is 1.18 bits per heavy atom. The van der Waals surface area contributed by atoms with E-state index in [1.165, 1.54) is 11.3 Å². The Labute approximate surface area is 172 Å². The van der Waals surface area contributed by atoms with Crippen LogP contribution in [0, 0.1) is 6.92 Å². The van der Waals surface area contributed by atoms with Crippen molar-refractivity contribution in [3.8, 4) is 11.5 Å². The molecule has 152 valence electrons. The number of rotatable bonds is 6. The van der Waals surface area contributed by atoms with Crippen molar-refractivity contribution in [1.82, 2.24) is 19.6 Å². The first-order valence-electron chi connectivity index (χ1n) is 9.57. The van der Waals surface area contributed by atoms with Crippen molar-refractivity contribution in [3.63, 3.8) is 0 Å². The van der Waals surface area contributed by atoms with E-state index in [-0.39, 0.29) is 0 Å². The molecule has 0 aliphatic carbocycles. The minimum Gasteiger partial charge on any atom is -0.497 e. The molecule has 8 heteroatoms. The second-order valence-corrected chi connectivity index (χ2v) is 7.22. The summed E-state index contributed by atoms with van der Waals surface area (Å²) in [4.78, 5) is 4.66. The molecule has 1 aromatic carbocycles. The van der Waals surface area contributed by atoms with Crippen molar-refractivity contribution in [2.45, 2.75) is 26.9 Å². The van der Waals surface area contributed by atoms with E-state index in [1.807, 2.05) is 29.1 Å². The first-order valence-corrected chi connectivity index (χ1v) is 9.98. The summed E-state index contributed by atoms with van der Waals surface area (Å²) in [6.45, 7) is 9.84. The van der Waals surface area contributed by atoms with Crippen LogP contribution in [0.5, 0.6) is 11.5 Å². The molecular formula is C20H29N5O2S. The van der Waals surface area contributed by atoms with Gasteiger partial charge in [-0.05, 0) is 38.2 Å². The minimum atomic E-state index is 0.712. The third kappa shape index (κ3) is 4.56. The SMILES string of the molecule is CCn1ncc(CN2CCN(C(=S)Nc3ccc(OC)cc3OC)CC2)c1C. The minimum absolute atomic E-state index is 0.712. The third-order valence-electron chi connectivity index (χ3n) is 5.21. The molecule has 7 nitrogen and oxygen atoms in total. The van der Waals surface area contributed by atoms with Crippen LogP contribution in [0.2, 0.25) is 0 Å². The van der Waals surface area contributed by atoms with E-state index in [4.69, 9.17) is 21.7 Å². The van der Waals surface area contributed by atoms with Crippen molar-refractivity contribution in [2.24, 2.45) is 0 Å². The average Bonchev–Trinajstić information content (AvgIpc) is 3.08.